The Morgan fingerprint density at radius 2 is 1.42 bits per heavy atom. The van der Waals surface area contributed by atoms with Crippen molar-refractivity contribution >= 4 is 44.5 Å². The van der Waals surface area contributed by atoms with Crippen molar-refractivity contribution in [2.45, 2.75) is 0 Å². The van der Waals surface area contributed by atoms with Crippen LogP contribution in [0.4, 0.5) is 8.78 Å². The monoisotopic (exact) mass is 612 g/mol. The number of aromatic nitrogens is 2. The lowest BCUT2D eigenvalue weighted by molar-refractivity contribution is 0.0585. The van der Waals surface area contributed by atoms with Crippen molar-refractivity contribution in [1.29, 1.82) is 0 Å². The van der Waals surface area contributed by atoms with E-state index in [1.807, 2.05) is 42.5 Å². The van der Waals surface area contributed by atoms with Crippen LogP contribution in [0.2, 0.25) is 0 Å². The molecule has 0 aliphatic rings. The second-order valence-corrected chi connectivity index (χ2v) is 9.59. The molecule has 228 valence electrons. The third kappa shape index (κ3) is 7.21. The average molecular weight is 613 g/mol. The fourth-order valence-corrected chi connectivity index (χ4v) is 4.50. The van der Waals surface area contributed by atoms with Crippen LogP contribution in [0.25, 0.3) is 32.6 Å². The maximum atomic E-state index is 13.7. The summed E-state index contributed by atoms with van der Waals surface area (Å²) in [6.07, 6.45) is 0. The van der Waals surface area contributed by atoms with Gasteiger partial charge >= 0.3 is 11.9 Å². The molecule has 0 fully saturated rings. The van der Waals surface area contributed by atoms with Crippen molar-refractivity contribution in [3.8, 4) is 11.5 Å². The number of nitrogens with one attached hydrogen (secondary N) is 1. The van der Waals surface area contributed by atoms with Crippen LogP contribution in [0, 0.1) is 11.6 Å². The summed E-state index contributed by atoms with van der Waals surface area (Å²) in [4.78, 5) is 41.6. The lowest BCUT2D eigenvalue weighted by Gasteiger charge is -2.12. The van der Waals surface area contributed by atoms with E-state index >= 15 is 0 Å². The molecule has 45 heavy (non-hydrogen) atoms. The van der Waals surface area contributed by atoms with E-state index in [1.165, 1.54) is 50.6 Å². The number of nitrogens with zero attached hydrogens (tertiary/aromatic N) is 1. The van der Waals surface area contributed by atoms with Crippen LogP contribution in [0.5, 0.6) is 11.5 Å². The quantitative estimate of drug-likeness (QED) is 0.167. The summed E-state index contributed by atoms with van der Waals surface area (Å²) in [5, 5.41) is 2.90. The normalized spacial score (nSPS) is 10.7. The second kappa shape index (κ2) is 13.6. The van der Waals surface area contributed by atoms with Gasteiger partial charge in [-0.15, -0.1) is 0 Å². The number of pyridine rings is 2. The van der Waals surface area contributed by atoms with Crippen LogP contribution in [0.15, 0.2) is 95.8 Å². The number of hydrogen-bond acceptors (Lipinski definition) is 8. The second-order valence-electron chi connectivity index (χ2n) is 9.59. The third-order valence-electron chi connectivity index (χ3n) is 6.66. The Bertz CT molecular complexity index is 2100. The number of hydrogen-bond donors (Lipinski definition) is 1. The molecule has 0 aliphatic heterocycles. The van der Waals surface area contributed by atoms with Crippen LogP contribution in [-0.2, 0) is 9.47 Å². The Morgan fingerprint density at radius 1 is 0.733 bits per heavy atom. The molecule has 0 aliphatic carbocycles. The molecule has 0 bridgehead atoms. The molecule has 2 heterocycles. The smallest absolute Gasteiger partial charge is 0.356 e. The van der Waals surface area contributed by atoms with Crippen molar-refractivity contribution in [3.05, 3.63) is 124 Å². The van der Waals surface area contributed by atoms with E-state index in [1.54, 1.807) is 0 Å². The van der Waals surface area contributed by atoms with Crippen molar-refractivity contribution in [3.63, 3.8) is 0 Å². The molecule has 9 nitrogen and oxygen atoms in total. The molecule has 0 saturated heterocycles. The first kappa shape index (κ1) is 30.6. The topological polar surface area (TPSA) is 117 Å². The van der Waals surface area contributed by atoms with Gasteiger partial charge in [0.2, 0.25) is 0 Å². The highest BCUT2D eigenvalue weighted by Gasteiger charge is 2.14. The average Bonchev–Trinajstić information content (AvgIpc) is 3.06. The highest BCUT2D eigenvalue weighted by molar-refractivity contribution is 5.94. The number of rotatable bonds is 7. The molecule has 0 amide bonds. The number of carbonyl (C=O) groups is 2. The van der Waals surface area contributed by atoms with E-state index in [-0.39, 0.29) is 30.0 Å². The number of ether oxygens (including phenoxy) is 4. The molecule has 6 aromatic rings. The summed E-state index contributed by atoms with van der Waals surface area (Å²) in [6.45, 7) is 0.494. The minimum Gasteiger partial charge on any atom is -0.490 e. The molecule has 0 saturated carbocycles. The van der Waals surface area contributed by atoms with Gasteiger partial charge in [0, 0.05) is 22.9 Å². The van der Waals surface area contributed by atoms with Gasteiger partial charge in [-0.05, 0) is 59.3 Å². The Kier molecular flexibility index (Phi) is 9.28. The van der Waals surface area contributed by atoms with Crippen LogP contribution < -0.4 is 14.9 Å². The SMILES string of the molecule is COC(=O)c1cc(=O)c2cc(F)ccc2[nH]1.COC(=O)c1cc(OCCOc2ccc3ccccc3c2)c2cc(F)ccc2n1. The van der Waals surface area contributed by atoms with Gasteiger partial charge in [-0.2, -0.15) is 0 Å². The van der Waals surface area contributed by atoms with Gasteiger partial charge in [-0.3, -0.25) is 4.79 Å². The van der Waals surface area contributed by atoms with Crippen molar-refractivity contribution in [2.24, 2.45) is 0 Å². The minimum absolute atomic E-state index is 0.0478. The highest BCUT2D eigenvalue weighted by Crippen LogP contribution is 2.27. The van der Waals surface area contributed by atoms with Crippen molar-refractivity contribution in [2.75, 3.05) is 27.4 Å². The molecule has 0 atom stereocenters. The van der Waals surface area contributed by atoms with Gasteiger partial charge in [0.1, 0.15) is 42.0 Å². The predicted molar refractivity (Wildman–Crippen MR) is 164 cm³/mol. The van der Waals surface area contributed by atoms with E-state index in [2.05, 4.69) is 14.7 Å². The maximum absolute atomic E-state index is 13.7. The van der Waals surface area contributed by atoms with E-state index < -0.39 is 29.0 Å². The number of esters is 2. The lowest BCUT2D eigenvalue weighted by Crippen LogP contribution is -2.11. The number of halogens is 2. The number of fused-ring (bicyclic) bond motifs is 3. The fraction of sp³-hybridized carbons (Fsp3) is 0.118. The molecule has 0 spiro atoms. The van der Waals surface area contributed by atoms with E-state index in [0.29, 0.717) is 22.2 Å². The van der Waals surface area contributed by atoms with Crippen molar-refractivity contribution in [1.82, 2.24) is 9.97 Å². The molecular weight excluding hydrogens is 586 g/mol. The molecule has 0 unspecified atom stereocenters. The summed E-state index contributed by atoms with van der Waals surface area (Å²) in [7, 11) is 2.49. The third-order valence-corrected chi connectivity index (χ3v) is 6.66. The summed E-state index contributed by atoms with van der Waals surface area (Å²) in [5.41, 5.74) is 0.561. The fourth-order valence-electron chi connectivity index (χ4n) is 4.50. The summed E-state index contributed by atoms with van der Waals surface area (Å²) in [6, 6.07) is 24.2. The number of H-pyrrole nitrogens is 1. The number of benzene rings is 4. The molecule has 0 radical (unpaired) electrons. The first-order valence-corrected chi connectivity index (χ1v) is 13.6. The lowest BCUT2D eigenvalue weighted by atomic mass is 10.1. The molecule has 2 aromatic heterocycles. The number of methoxy groups -OCH3 is 2. The highest BCUT2D eigenvalue weighted by atomic mass is 19.1. The predicted octanol–water partition coefficient (Wildman–Crippen LogP) is 6.23. The summed E-state index contributed by atoms with van der Waals surface area (Å²) < 4.78 is 47.3. The Balaban J connectivity index is 0.000000211. The Labute approximate surface area is 254 Å². The number of aromatic amines is 1. The molecular formula is C34H26F2N2O7. The van der Waals surface area contributed by atoms with Crippen molar-refractivity contribution < 1.29 is 37.3 Å². The molecule has 11 heteroatoms. The van der Waals surface area contributed by atoms with E-state index in [0.717, 1.165) is 28.7 Å². The zero-order valence-corrected chi connectivity index (χ0v) is 24.1. The van der Waals surface area contributed by atoms with Gasteiger partial charge in [0.25, 0.3) is 0 Å². The van der Waals surface area contributed by atoms with E-state index in [4.69, 9.17) is 14.2 Å². The van der Waals surface area contributed by atoms with Crippen LogP contribution >= 0.6 is 0 Å². The molecule has 6 rings (SSSR count). The van der Waals surface area contributed by atoms with Gasteiger partial charge in [0.15, 0.2) is 11.1 Å². The zero-order valence-electron chi connectivity index (χ0n) is 24.1. The Morgan fingerprint density at radius 3 is 2.18 bits per heavy atom. The Hall–Kier alpha value is -5.84. The van der Waals surface area contributed by atoms with E-state index in [9.17, 15) is 23.2 Å². The minimum atomic E-state index is -0.636. The van der Waals surface area contributed by atoms with Gasteiger partial charge in [0.05, 0.1) is 25.3 Å². The maximum Gasteiger partial charge on any atom is 0.356 e. The van der Waals surface area contributed by atoms with Gasteiger partial charge < -0.3 is 23.9 Å². The largest absolute Gasteiger partial charge is 0.490 e. The van der Waals surface area contributed by atoms with Gasteiger partial charge in [-0.1, -0.05) is 30.3 Å². The zero-order chi connectivity index (χ0) is 31.9. The molecule has 1 N–H and O–H groups in total. The van der Waals surface area contributed by atoms with Crippen LogP contribution in [0.3, 0.4) is 0 Å². The first-order chi connectivity index (χ1) is 21.7. The van der Waals surface area contributed by atoms with Crippen LogP contribution in [-0.4, -0.2) is 49.3 Å². The first-order valence-electron chi connectivity index (χ1n) is 13.6. The summed E-state index contributed by atoms with van der Waals surface area (Å²) >= 11 is 0. The van der Waals surface area contributed by atoms with Crippen LogP contribution in [0.1, 0.15) is 21.0 Å². The standard InChI is InChI=1S/C23H18FNO4.C11H8FNO3/c1-27-23(26)21-14-22(19-13-17(24)7-9-20(19)25-21)29-11-10-28-18-8-6-15-4-2-3-5-16(15)12-18;1-16-11(15)9-5-10(14)7-4-6(12)2-3-8(7)13-9/h2-9,12-14H,10-11H2,1H3;2-5H,1H3,(H,13,14). The molecule has 4 aromatic carbocycles. The number of carbonyl (C=O) groups excluding carboxylic acids is 2. The van der Waals surface area contributed by atoms with Gasteiger partial charge in [-0.25, -0.2) is 23.4 Å². The summed E-state index contributed by atoms with van der Waals surface area (Å²) in [5.74, 6) is -1.06.